The largest absolute Gasteiger partial charge is 0.416 e. The van der Waals surface area contributed by atoms with Crippen molar-refractivity contribution in [2.75, 3.05) is 24.9 Å². The van der Waals surface area contributed by atoms with E-state index in [0.29, 0.717) is 45.4 Å². The Balaban J connectivity index is 1.08. The molecule has 5 aromatic rings. The molecule has 4 aromatic carbocycles. The maximum absolute atomic E-state index is 13.2. The summed E-state index contributed by atoms with van der Waals surface area (Å²) in [5.74, 6) is -1.31. The van der Waals surface area contributed by atoms with E-state index in [4.69, 9.17) is 4.42 Å². The molecular weight excluding hydrogens is 672 g/mol. The Hall–Kier alpha value is -7.28. The molecule has 2 aliphatic rings. The van der Waals surface area contributed by atoms with E-state index in [2.05, 4.69) is 41.9 Å². The number of ketones is 2. The molecular formula is C40H32N8O5. The van der Waals surface area contributed by atoms with E-state index in [1.165, 1.54) is 14.1 Å². The molecule has 0 fully saturated rings. The molecule has 7 rings (SSSR count). The Bertz CT molecular complexity index is 2320. The van der Waals surface area contributed by atoms with E-state index in [9.17, 15) is 19.2 Å². The molecule has 13 heteroatoms. The Labute approximate surface area is 303 Å². The zero-order valence-electron chi connectivity index (χ0n) is 29.1. The molecule has 0 unspecified atom stereocenters. The van der Waals surface area contributed by atoms with E-state index in [-0.39, 0.29) is 22.6 Å². The molecule has 0 spiro atoms. The van der Waals surface area contributed by atoms with Crippen LogP contribution in [0.5, 0.6) is 0 Å². The first kappa shape index (κ1) is 34.2. The molecule has 262 valence electrons. The number of nitrogens with zero attached hydrogens (tertiary/aromatic N) is 4. The Morgan fingerprint density at radius 3 is 1.42 bits per heavy atom. The second-order valence-corrected chi connectivity index (χ2v) is 12.2. The van der Waals surface area contributed by atoms with Crippen LogP contribution < -0.4 is 21.5 Å². The summed E-state index contributed by atoms with van der Waals surface area (Å²) < 4.78 is 6.06. The lowest BCUT2D eigenvalue weighted by Crippen LogP contribution is -2.32. The number of anilines is 2. The lowest BCUT2D eigenvalue weighted by molar-refractivity contribution is -0.121. The van der Waals surface area contributed by atoms with Crippen LogP contribution in [-0.2, 0) is 19.2 Å². The topological polar surface area (TPSA) is 180 Å². The molecule has 0 saturated heterocycles. The highest BCUT2D eigenvalue weighted by Gasteiger charge is 2.31. The van der Waals surface area contributed by atoms with Gasteiger partial charge in [0.25, 0.3) is 11.8 Å². The van der Waals surface area contributed by atoms with E-state index >= 15 is 0 Å². The summed E-state index contributed by atoms with van der Waals surface area (Å²) in [6.45, 7) is 3.76. The number of carbonyl (C=O) groups is 4. The van der Waals surface area contributed by atoms with Crippen LogP contribution in [0.1, 0.15) is 33.4 Å². The molecule has 1 heterocycles. The van der Waals surface area contributed by atoms with E-state index in [1.54, 1.807) is 48.6 Å². The van der Waals surface area contributed by atoms with Gasteiger partial charge in [-0.25, -0.2) is 0 Å². The lowest BCUT2D eigenvalue weighted by Gasteiger charge is -2.17. The number of hydrogen-bond donors (Lipinski definition) is 4. The Kier molecular flexibility index (Phi) is 9.13. The van der Waals surface area contributed by atoms with Crippen LogP contribution in [0, 0.1) is 13.8 Å². The summed E-state index contributed by atoms with van der Waals surface area (Å²) in [5.41, 5.74) is 13.2. The van der Waals surface area contributed by atoms with Crippen LogP contribution in [0.4, 0.5) is 11.4 Å². The third-order valence-corrected chi connectivity index (χ3v) is 8.84. The minimum Gasteiger partial charge on any atom is -0.416 e. The van der Waals surface area contributed by atoms with Gasteiger partial charge in [0.05, 0.1) is 22.5 Å². The first-order valence-electron chi connectivity index (χ1n) is 16.6. The van der Waals surface area contributed by atoms with Crippen molar-refractivity contribution in [3.05, 3.63) is 129 Å². The van der Waals surface area contributed by atoms with Crippen molar-refractivity contribution in [1.29, 1.82) is 0 Å². The van der Waals surface area contributed by atoms with Gasteiger partial charge in [-0.15, -0.1) is 10.2 Å². The number of aromatic nitrogens is 2. The minimum atomic E-state index is -0.482. The average molecular weight is 705 g/mol. The SMILES string of the molecule is CNC(=O)C1=Cc2ccccc2/C(=N/Nc2ccc(-c3nnc(-c4ccc(N/N=C5\C(=O)C(C(=O)NC)=Cc6ccccc65)c(C)c4)o3)cc2C)C1=O. The molecule has 0 saturated carbocycles. The number of likely N-dealkylation sites (N-methyl/N-ethyl adjacent to an activating group) is 2. The molecule has 0 aliphatic heterocycles. The maximum Gasteiger partial charge on any atom is 0.255 e. The van der Waals surface area contributed by atoms with Crippen LogP contribution in [0.2, 0.25) is 0 Å². The molecule has 2 aliphatic carbocycles. The van der Waals surface area contributed by atoms with E-state index in [0.717, 1.165) is 22.3 Å². The van der Waals surface area contributed by atoms with Gasteiger partial charge in [0.2, 0.25) is 23.3 Å². The fraction of sp³-hybridized carbons (Fsp3) is 0.100. The highest BCUT2D eigenvalue weighted by Crippen LogP contribution is 2.30. The number of carbonyl (C=O) groups excluding carboxylic acids is 4. The standard InChI is InChI=1S/C40H32N8O5/c1-21-17-25(13-15-31(21)43-45-33-27-11-7-5-9-23(27)19-29(35(33)49)37(51)41-3)39-47-48-40(53-39)26-14-16-32(22(2)18-26)44-46-34-28-12-8-6-10-24(28)20-30(36(34)50)38(52)42-4/h5-20,43-44H,1-4H3,(H,41,51)(H,42,52)/b45-33-,46-34-. The maximum atomic E-state index is 13.2. The van der Waals surface area contributed by atoms with Gasteiger partial charge >= 0.3 is 0 Å². The van der Waals surface area contributed by atoms with Gasteiger partial charge in [-0.2, -0.15) is 10.2 Å². The van der Waals surface area contributed by atoms with E-state index < -0.39 is 23.4 Å². The third kappa shape index (κ3) is 6.54. The summed E-state index contributed by atoms with van der Waals surface area (Å²) in [4.78, 5) is 51.2. The van der Waals surface area contributed by atoms with Gasteiger partial charge in [0.15, 0.2) is 0 Å². The summed E-state index contributed by atoms with van der Waals surface area (Å²) in [6.07, 6.45) is 3.14. The first-order chi connectivity index (χ1) is 25.7. The van der Waals surface area contributed by atoms with Gasteiger partial charge < -0.3 is 15.1 Å². The zero-order chi connectivity index (χ0) is 37.2. The number of Topliss-reactive ketones (excluding diaryl/α,β-unsaturated/α-hetero) is 2. The van der Waals surface area contributed by atoms with Gasteiger partial charge in [0.1, 0.15) is 11.4 Å². The summed E-state index contributed by atoms with van der Waals surface area (Å²) in [6, 6.07) is 25.4. The third-order valence-electron chi connectivity index (χ3n) is 8.84. The highest BCUT2D eigenvalue weighted by molar-refractivity contribution is 6.59. The van der Waals surface area contributed by atoms with Crippen LogP contribution in [0.25, 0.3) is 35.1 Å². The second kappa shape index (κ2) is 14.2. The minimum absolute atomic E-state index is 0.0125. The molecule has 13 nitrogen and oxygen atoms in total. The second-order valence-electron chi connectivity index (χ2n) is 12.2. The van der Waals surface area contributed by atoms with Crippen molar-refractivity contribution < 1.29 is 23.6 Å². The van der Waals surface area contributed by atoms with Crippen LogP contribution >= 0.6 is 0 Å². The predicted molar refractivity (Wildman–Crippen MR) is 202 cm³/mol. The number of hydrogen-bond acceptors (Lipinski definition) is 11. The number of rotatable bonds is 8. The highest BCUT2D eigenvalue weighted by atomic mass is 16.4. The number of aryl methyl sites for hydroxylation is 2. The number of benzene rings is 4. The van der Waals surface area contributed by atoms with Gasteiger partial charge in [-0.3, -0.25) is 30.0 Å². The number of hydrazone groups is 2. The summed E-state index contributed by atoms with van der Waals surface area (Å²) in [7, 11) is 2.95. The quantitative estimate of drug-likeness (QED) is 0.127. The molecule has 2 amide bonds. The predicted octanol–water partition coefficient (Wildman–Crippen LogP) is 5.08. The van der Waals surface area contributed by atoms with Gasteiger partial charge in [-0.1, -0.05) is 48.5 Å². The lowest BCUT2D eigenvalue weighted by atomic mass is 9.89. The Morgan fingerprint density at radius 1 is 0.604 bits per heavy atom. The number of amides is 2. The van der Waals surface area contributed by atoms with Gasteiger partial charge in [-0.05, 0) is 84.7 Å². The fourth-order valence-electron chi connectivity index (χ4n) is 5.98. The van der Waals surface area contributed by atoms with Crippen molar-refractivity contribution in [3.63, 3.8) is 0 Å². The zero-order valence-corrected chi connectivity index (χ0v) is 29.1. The molecule has 0 bridgehead atoms. The summed E-state index contributed by atoms with van der Waals surface area (Å²) in [5, 5.41) is 22.4. The molecule has 4 N–H and O–H groups in total. The van der Waals surface area contributed by atoms with Crippen molar-refractivity contribution in [2.24, 2.45) is 10.2 Å². The molecule has 0 atom stereocenters. The monoisotopic (exact) mass is 704 g/mol. The van der Waals surface area contributed by atoms with Crippen molar-refractivity contribution in [2.45, 2.75) is 13.8 Å². The molecule has 53 heavy (non-hydrogen) atoms. The van der Waals surface area contributed by atoms with Crippen LogP contribution in [-0.4, -0.2) is 59.1 Å². The smallest absolute Gasteiger partial charge is 0.255 e. The Morgan fingerprint density at radius 2 is 1.02 bits per heavy atom. The number of fused-ring (bicyclic) bond motifs is 2. The van der Waals surface area contributed by atoms with Crippen LogP contribution in [0.15, 0.2) is 111 Å². The van der Waals surface area contributed by atoms with Crippen LogP contribution in [0.3, 0.4) is 0 Å². The molecule has 0 radical (unpaired) electrons. The molecule has 1 aromatic heterocycles. The van der Waals surface area contributed by atoms with Crippen molar-refractivity contribution in [1.82, 2.24) is 20.8 Å². The average Bonchev–Trinajstić information content (AvgIpc) is 3.67. The summed E-state index contributed by atoms with van der Waals surface area (Å²) >= 11 is 0. The normalized spacial score (nSPS) is 14.9. The van der Waals surface area contributed by atoms with Gasteiger partial charge in [0, 0.05) is 36.3 Å². The fourth-order valence-corrected chi connectivity index (χ4v) is 5.98. The van der Waals surface area contributed by atoms with Crippen molar-refractivity contribution in [3.8, 4) is 22.9 Å². The van der Waals surface area contributed by atoms with E-state index in [1.807, 2.05) is 62.4 Å². The number of nitrogens with one attached hydrogen (secondary N) is 4. The van der Waals surface area contributed by atoms with Crippen molar-refractivity contribution >= 4 is 58.3 Å². The first-order valence-corrected chi connectivity index (χ1v) is 16.6.